The third-order valence-electron chi connectivity index (χ3n) is 6.23. The van der Waals surface area contributed by atoms with E-state index in [2.05, 4.69) is 20.8 Å². The molecular formula is C27H54O3. The first-order valence-corrected chi connectivity index (χ1v) is 13.4. The molecule has 3 heteroatoms. The van der Waals surface area contributed by atoms with Gasteiger partial charge in [0.05, 0.1) is 12.7 Å². The van der Waals surface area contributed by atoms with Gasteiger partial charge >= 0.3 is 0 Å². The van der Waals surface area contributed by atoms with Crippen LogP contribution < -0.4 is 0 Å². The first-order valence-electron chi connectivity index (χ1n) is 13.4. The summed E-state index contributed by atoms with van der Waals surface area (Å²) in [7, 11) is 0. The van der Waals surface area contributed by atoms with Crippen molar-refractivity contribution in [3.05, 3.63) is 0 Å². The zero-order valence-corrected chi connectivity index (χ0v) is 20.8. The number of rotatable bonds is 24. The van der Waals surface area contributed by atoms with Crippen LogP contribution >= 0.6 is 0 Å². The Kier molecular flexibility index (Phi) is 22.9. The fourth-order valence-corrected chi connectivity index (χ4v) is 4.03. The lowest BCUT2D eigenvalue weighted by atomic mass is 10.0. The van der Waals surface area contributed by atoms with Crippen LogP contribution in [0.4, 0.5) is 0 Å². The summed E-state index contributed by atoms with van der Waals surface area (Å²) in [6.45, 7) is 7.68. The molecule has 0 aliphatic rings. The molecule has 0 aliphatic heterocycles. The van der Waals surface area contributed by atoms with E-state index in [1.165, 1.54) is 89.9 Å². The number of unbranched alkanes of at least 4 members (excludes halogenated alkanes) is 13. The minimum Gasteiger partial charge on any atom is -0.390 e. The van der Waals surface area contributed by atoms with E-state index in [1.54, 1.807) is 0 Å². The fraction of sp³-hybridized carbons (Fsp3) is 0.963. The summed E-state index contributed by atoms with van der Waals surface area (Å²) in [6.07, 6.45) is 22.1. The molecule has 0 spiro atoms. The van der Waals surface area contributed by atoms with Gasteiger partial charge in [0, 0.05) is 19.4 Å². The van der Waals surface area contributed by atoms with Crippen molar-refractivity contribution in [2.45, 2.75) is 149 Å². The highest BCUT2D eigenvalue weighted by Gasteiger charge is 2.12. The topological polar surface area (TPSA) is 46.5 Å². The summed E-state index contributed by atoms with van der Waals surface area (Å²) in [4.78, 5) is 12.0. The van der Waals surface area contributed by atoms with Gasteiger partial charge in [0.1, 0.15) is 5.78 Å². The van der Waals surface area contributed by atoms with Crippen molar-refractivity contribution in [2.75, 3.05) is 13.2 Å². The van der Waals surface area contributed by atoms with Gasteiger partial charge in [-0.15, -0.1) is 0 Å². The van der Waals surface area contributed by atoms with Crippen LogP contribution in [-0.4, -0.2) is 30.2 Å². The van der Waals surface area contributed by atoms with Gasteiger partial charge in [-0.05, 0) is 18.8 Å². The van der Waals surface area contributed by atoms with Crippen LogP contribution in [0.5, 0.6) is 0 Å². The Morgan fingerprint density at radius 2 is 1.20 bits per heavy atom. The average molecular weight is 427 g/mol. The molecule has 3 nitrogen and oxygen atoms in total. The van der Waals surface area contributed by atoms with Gasteiger partial charge in [-0.25, -0.2) is 0 Å². The summed E-state index contributed by atoms with van der Waals surface area (Å²) in [6, 6.07) is 0. The first-order chi connectivity index (χ1) is 14.6. The lowest BCUT2D eigenvalue weighted by Gasteiger charge is -2.16. The number of carbonyl (C=O) groups is 1. The van der Waals surface area contributed by atoms with Crippen LogP contribution in [0.2, 0.25) is 0 Å². The minimum absolute atomic E-state index is 0.187. The van der Waals surface area contributed by atoms with Gasteiger partial charge in [0.25, 0.3) is 0 Å². The van der Waals surface area contributed by atoms with E-state index in [4.69, 9.17) is 4.74 Å². The number of hydrogen-bond acceptors (Lipinski definition) is 3. The molecule has 1 N–H and O–H groups in total. The number of carbonyl (C=O) groups excluding carboxylic acids is 1. The zero-order chi connectivity index (χ0) is 22.3. The molecule has 2 unspecified atom stereocenters. The zero-order valence-electron chi connectivity index (χ0n) is 20.8. The fourth-order valence-electron chi connectivity index (χ4n) is 4.03. The number of Topliss-reactive ketones (excluding diaryl/α,β-unsaturated/α-hetero) is 1. The third kappa shape index (κ3) is 20.8. The van der Waals surface area contributed by atoms with Gasteiger partial charge < -0.3 is 9.84 Å². The maximum absolute atomic E-state index is 12.0. The maximum Gasteiger partial charge on any atom is 0.135 e. The largest absolute Gasteiger partial charge is 0.390 e. The highest BCUT2D eigenvalue weighted by molar-refractivity contribution is 5.78. The van der Waals surface area contributed by atoms with E-state index in [-0.39, 0.29) is 12.2 Å². The molecular weight excluding hydrogens is 372 g/mol. The van der Waals surface area contributed by atoms with E-state index in [9.17, 15) is 9.90 Å². The molecule has 0 fully saturated rings. The Labute approximate surface area is 188 Å². The number of ketones is 1. The number of aliphatic hydroxyl groups excluding tert-OH is 1. The summed E-state index contributed by atoms with van der Waals surface area (Å²) in [5.41, 5.74) is 0. The number of ether oxygens (including phenoxy) is 1. The second kappa shape index (κ2) is 23.3. The van der Waals surface area contributed by atoms with Crippen molar-refractivity contribution in [1.82, 2.24) is 0 Å². The predicted octanol–water partition coefficient (Wildman–Crippen LogP) is 8.02. The Hall–Kier alpha value is -0.410. The van der Waals surface area contributed by atoms with Crippen molar-refractivity contribution < 1.29 is 14.6 Å². The summed E-state index contributed by atoms with van der Waals surface area (Å²) < 4.78 is 5.67. The predicted molar refractivity (Wildman–Crippen MR) is 130 cm³/mol. The summed E-state index contributed by atoms with van der Waals surface area (Å²) in [5.74, 6) is 0.769. The molecule has 0 radical (unpaired) electrons. The maximum atomic E-state index is 12.0. The van der Waals surface area contributed by atoms with E-state index < -0.39 is 6.10 Å². The minimum atomic E-state index is -0.636. The molecule has 0 amide bonds. The van der Waals surface area contributed by atoms with Gasteiger partial charge in [-0.1, -0.05) is 117 Å². The molecule has 30 heavy (non-hydrogen) atoms. The lowest BCUT2D eigenvalue weighted by molar-refractivity contribution is -0.122. The number of hydrogen-bond donors (Lipinski definition) is 1. The third-order valence-corrected chi connectivity index (χ3v) is 6.23. The van der Waals surface area contributed by atoms with Crippen molar-refractivity contribution in [3.63, 3.8) is 0 Å². The van der Waals surface area contributed by atoms with Crippen LogP contribution in [-0.2, 0) is 9.53 Å². The van der Waals surface area contributed by atoms with Gasteiger partial charge in [-0.2, -0.15) is 0 Å². The average Bonchev–Trinajstić information content (AvgIpc) is 2.73. The molecule has 180 valence electrons. The van der Waals surface area contributed by atoms with Gasteiger partial charge in [0.15, 0.2) is 0 Å². The van der Waals surface area contributed by atoms with Crippen molar-refractivity contribution in [1.29, 1.82) is 0 Å². The number of aliphatic hydroxyl groups is 1. The van der Waals surface area contributed by atoms with Crippen LogP contribution in [0.15, 0.2) is 0 Å². The molecule has 0 saturated heterocycles. The second-order valence-corrected chi connectivity index (χ2v) is 9.34. The Morgan fingerprint density at radius 1 is 0.700 bits per heavy atom. The highest BCUT2D eigenvalue weighted by atomic mass is 16.5. The second-order valence-electron chi connectivity index (χ2n) is 9.34. The molecule has 0 aromatic heterocycles. The van der Waals surface area contributed by atoms with Crippen LogP contribution in [0, 0.1) is 5.92 Å². The van der Waals surface area contributed by atoms with Crippen molar-refractivity contribution >= 4 is 5.78 Å². The molecule has 0 saturated carbocycles. The molecule has 0 aliphatic carbocycles. The molecule has 0 heterocycles. The lowest BCUT2D eigenvalue weighted by Crippen LogP contribution is -2.21. The quantitative estimate of drug-likeness (QED) is 0.159. The highest BCUT2D eigenvalue weighted by Crippen LogP contribution is 2.15. The monoisotopic (exact) mass is 426 g/mol. The van der Waals surface area contributed by atoms with Crippen molar-refractivity contribution in [2.24, 2.45) is 5.92 Å². The van der Waals surface area contributed by atoms with E-state index in [0.29, 0.717) is 25.6 Å². The van der Waals surface area contributed by atoms with E-state index in [0.717, 1.165) is 19.3 Å². The normalized spacial score (nSPS) is 13.5. The summed E-state index contributed by atoms with van der Waals surface area (Å²) >= 11 is 0. The molecule has 0 rings (SSSR count). The van der Waals surface area contributed by atoms with E-state index in [1.807, 2.05) is 0 Å². The van der Waals surface area contributed by atoms with Crippen LogP contribution in [0.1, 0.15) is 143 Å². The SMILES string of the molecule is CCCCCCCCCCCCCCCC(=O)CC(O)COCC(CC)CCCC. The first kappa shape index (κ1) is 29.6. The summed E-state index contributed by atoms with van der Waals surface area (Å²) in [5, 5.41) is 10.0. The van der Waals surface area contributed by atoms with E-state index >= 15 is 0 Å². The van der Waals surface area contributed by atoms with Gasteiger partial charge in [-0.3, -0.25) is 4.79 Å². The molecule has 2 atom stereocenters. The van der Waals surface area contributed by atoms with Crippen LogP contribution in [0.3, 0.4) is 0 Å². The Balaban J connectivity index is 3.43. The molecule has 0 bridgehead atoms. The molecule has 0 aromatic rings. The standard InChI is InChI=1S/C27H54O3/c1-4-7-9-10-11-12-13-14-15-16-17-18-19-21-26(28)22-27(29)24-30-23-25(6-3)20-8-5-2/h25,27,29H,4-24H2,1-3H3. The van der Waals surface area contributed by atoms with Crippen LogP contribution in [0.25, 0.3) is 0 Å². The molecule has 0 aromatic carbocycles. The van der Waals surface area contributed by atoms with Crippen molar-refractivity contribution in [3.8, 4) is 0 Å². The van der Waals surface area contributed by atoms with Gasteiger partial charge in [0.2, 0.25) is 0 Å². The Bertz CT molecular complexity index is 356. The Morgan fingerprint density at radius 3 is 1.70 bits per heavy atom. The smallest absolute Gasteiger partial charge is 0.135 e.